The number of amides is 1. The second-order valence-corrected chi connectivity index (χ2v) is 5.71. The first-order valence-electron chi connectivity index (χ1n) is 7.40. The minimum Gasteiger partial charge on any atom is -0.313 e. The first-order chi connectivity index (χ1) is 9.27. The molecule has 0 saturated carbocycles. The Morgan fingerprint density at radius 3 is 2.95 bits per heavy atom. The zero-order chi connectivity index (χ0) is 13.2. The molecule has 1 amide bonds. The van der Waals surface area contributed by atoms with E-state index >= 15 is 0 Å². The molecule has 102 valence electrons. The topological polar surface area (TPSA) is 32.3 Å². The highest BCUT2D eigenvalue weighted by Gasteiger charge is 2.34. The molecule has 0 bridgehead atoms. The number of rotatable bonds is 1. The van der Waals surface area contributed by atoms with Crippen molar-refractivity contribution in [3.8, 4) is 0 Å². The minimum atomic E-state index is 0.145. The largest absolute Gasteiger partial charge is 0.313 e. The lowest BCUT2D eigenvalue weighted by Gasteiger charge is -2.27. The molecule has 2 atom stereocenters. The number of anilines is 1. The summed E-state index contributed by atoms with van der Waals surface area (Å²) in [5.74, 6) is 0.456. The Bertz CT molecular complexity index is 472. The Balaban J connectivity index is 1.89. The van der Waals surface area contributed by atoms with Gasteiger partial charge in [0.15, 0.2) is 0 Å². The molecule has 3 nitrogen and oxygen atoms in total. The lowest BCUT2D eigenvalue weighted by molar-refractivity contribution is -0.122. The zero-order valence-corrected chi connectivity index (χ0v) is 11.6. The van der Waals surface area contributed by atoms with Gasteiger partial charge in [0.05, 0.1) is 5.92 Å². The maximum absolute atomic E-state index is 12.8. The molecule has 2 heterocycles. The van der Waals surface area contributed by atoms with Crippen molar-refractivity contribution in [1.29, 1.82) is 0 Å². The number of benzene rings is 1. The van der Waals surface area contributed by atoms with E-state index in [1.54, 1.807) is 0 Å². The fourth-order valence-electron chi connectivity index (χ4n) is 3.32. The standard InChI is InChI=1S/C16H22N2O/c1-12-14(9-10-17-12)16(19)18-11-5-4-7-13-6-2-3-8-15(13)18/h2-3,6,8,12,14,17H,4-5,7,9-11H2,1H3. The molecule has 1 aromatic rings. The Labute approximate surface area is 115 Å². The van der Waals surface area contributed by atoms with Gasteiger partial charge >= 0.3 is 0 Å². The highest BCUT2D eigenvalue weighted by atomic mass is 16.2. The first-order valence-corrected chi connectivity index (χ1v) is 7.40. The molecular weight excluding hydrogens is 236 g/mol. The fraction of sp³-hybridized carbons (Fsp3) is 0.562. The van der Waals surface area contributed by atoms with Crippen LogP contribution in [0.1, 0.15) is 31.7 Å². The summed E-state index contributed by atoms with van der Waals surface area (Å²) in [6, 6.07) is 8.69. The third-order valence-corrected chi connectivity index (χ3v) is 4.47. The second-order valence-electron chi connectivity index (χ2n) is 5.71. The molecule has 0 aliphatic carbocycles. The van der Waals surface area contributed by atoms with Crippen molar-refractivity contribution < 1.29 is 4.79 Å². The lowest BCUT2D eigenvalue weighted by atomic mass is 9.99. The van der Waals surface area contributed by atoms with Crippen molar-refractivity contribution in [3.63, 3.8) is 0 Å². The summed E-state index contributed by atoms with van der Waals surface area (Å²) in [5, 5.41) is 3.38. The number of para-hydroxylation sites is 1. The summed E-state index contributed by atoms with van der Waals surface area (Å²) in [6.45, 7) is 3.96. The number of hydrogen-bond donors (Lipinski definition) is 1. The van der Waals surface area contributed by atoms with Gasteiger partial charge in [-0.1, -0.05) is 18.2 Å². The summed E-state index contributed by atoms with van der Waals surface area (Å²) in [5.41, 5.74) is 2.47. The fourth-order valence-corrected chi connectivity index (χ4v) is 3.32. The quantitative estimate of drug-likeness (QED) is 0.838. The number of carbonyl (C=O) groups excluding carboxylic acids is 1. The van der Waals surface area contributed by atoms with Crippen LogP contribution in [0.5, 0.6) is 0 Å². The van der Waals surface area contributed by atoms with E-state index in [4.69, 9.17) is 0 Å². The monoisotopic (exact) mass is 258 g/mol. The third-order valence-electron chi connectivity index (χ3n) is 4.47. The maximum atomic E-state index is 12.8. The predicted octanol–water partition coefficient (Wildman–Crippen LogP) is 2.35. The van der Waals surface area contributed by atoms with Crippen molar-refractivity contribution in [1.82, 2.24) is 5.32 Å². The van der Waals surface area contributed by atoms with Crippen LogP contribution in [-0.4, -0.2) is 25.0 Å². The van der Waals surface area contributed by atoms with Crippen LogP contribution in [-0.2, 0) is 11.2 Å². The van der Waals surface area contributed by atoms with Crippen molar-refractivity contribution in [2.24, 2.45) is 5.92 Å². The Hall–Kier alpha value is -1.35. The number of fused-ring (bicyclic) bond motifs is 1. The Morgan fingerprint density at radius 2 is 2.16 bits per heavy atom. The molecule has 1 aromatic carbocycles. The van der Waals surface area contributed by atoms with Crippen LogP contribution in [0, 0.1) is 5.92 Å². The molecule has 3 heteroatoms. The van der Waals surface area contributed by atoms with Gasteiger partial charge in [-0.3, -0.25) is 4.79 Å². The average molecular weight is 258 g/mol. The molecule has 1 fully saturated rings. The minimum absolute atomic E-state index is 0.145. The van der Waals surface area contributed by atoms with Gasteiger partial charge < -0.3 is 10.2 Å². The van der Waals surface area contributed by atoms with Crippen molar-refractivity contribution in [2.45, 2.75) is 38.6 Å². The zero-order valence-electron chi connectivity index (χ0n) is 11.6. The van der Waals surface area contributed by atoms with Crippen LogP contribution in [0.15, 0.2) is 24.3 Å². The summed E-state index contributed by atoms with van der Waals surface area (Å²) in [7, 11) is 0. The molecule has 3 rings (SSSR count). The number of nitrogens with zero attached hydrogens (tertiary/aromatic N) is 1. The van der Waals surface area contributed by atoms with Gasteiger partial charge in [0.1, 0.15) is 0 Å². The molecule has 2 aliphatic rings. The molecule has 0 aromatic heterocycles. The van der Waals surface area contributed by atoms with Gasteiger partial charge in [0, 0.05) is 18.3 Å². The average Bonchev–Trinajstić information content (AvgIpc) is 2.74. The SMILES string of the molecule is CC1NCCC1C(=O)N1CCCCc2ccccc21. The molecule has 19 heavy (non-hydrogen) atoms. The number of carbonyl (C=O) groups is 1. The highest BCUT2D eigenvalue weighted by Crippen LogP contribution is 2.29. The van der Waals surface area contributed by atoms with Gasteiger partial charge in [0.2, 0.25) is 5.91 Å². The summed E-state index contributed by atoms with van der Waals surface area (Å²) in [4.78, 5) is 14.9. The molecule has 2 aliphatic heterocycles. The van der Waals surface area contributed by atoms with E-state index in [0.29, 0.717) is 11.9 Å². The summed E-state index contributed by atoms with van der Waals surface area (Å²) < 4.78 is 0. The van der Waals surface area contributed by atoms with E-state index in [0.717, 1.165) is 38.0 Å². The normalized spacial score (nSPS) is 26.9. The van der Waals surface area contributed by atoms with Crippen LogP contribution >= 0.6 is 0 Å². The van der Waals surface area contributed by atoms with E-state index < -0.39 is 0 Å². The summed E-state index contributed by atoms with van der Waals surface area (Å²) in [6.07, 6.45) is 4.35. The summed E-state index contributed by atoms with van der Waals surface area (Å²) >= 11 is 0. The second kappa shape index (κ2) is 5.33. The van der Waals surface area contributed by atoms with Crippen molar-refractivity contribution in [2.75, 3.05) is 18.0 Å². The van der Waals surface area contributed by atoms with E-state index in [-0.39, 0.29) is 5.92 Å². The molecule has 1 N–H and O–H groups in total. The molecule has 0 spiro atoms. The van der Waals surface area contributed by atoms with Gasteiger partial charge in [-0.15, -0.1) is 0 Å². The Kier molecular flexibility index (Phi) is 3.56. The van der Waals surface area contributed by atoms with Crippen LogP contribution < -0.4 is 10.2 Å². The van der Waals surface area contributed by atoms with Crippen LogP contribution in [0.4, 0.5) is 5.69 Å². The molecule has 0 radical (unpaired) electrons. The predicted molar refractivity (Wildman–Crippen MR) is 77.3 cm³/mol. The lowest BCUT2D eigenvalue weighted by Crippen LogP contribution is -2.40. The number of aryl methyl sites for hydroxylation is 1. The maximum Gasteiger partial charge on any atom is 0.231 e. The smallest absolute Gasteiger partial charge is 0.231 e. The van der Waals surface area contributed by atoms with E-state index in [9.17, 15) is 4.79 Å². The van der Waals surface area contributed by atoms with Gasteiger partial charge in [0.25, 0.3) is 0 Å². The number of hydrogen-bond acceptors (Lipinski definition) is 2. The van der Waals surface area contributed by atoms with Gasteiger partial charge in [-0.2, -0.15) is 0 Å². The molecule has 1 saturated heterocycles. The molecule has 2 unspecified atom stereocenters. The van der Waals surface area contributed by atoms with Gasteiger partial charge in [-0.25, -0.2) is 0 Å². The van der Waals surface area contributed by atoms with E-state index in [2.05, 4.69) is 30.4 Å². The van der Waals surface area contributed by atoms with Crippen LogP contribution in [0.3, 0.4) is 0 Å². The Morgan fingerprint density at radius 1 is 1.32 bits per heavy atom. The van der Waals surface area contributed by atoms with E-state index in [1.807, 2.05) is 11.0 Å². The number of nitrogens with one attached hydrogen (secondary N) is 1. The molecular formula is C16H22N2O. The highest BCUT2D eigenvalue weighted by molar-refractivity contribution is 5.96. The van der Waals surface area contributed by atoms with E-state index in [1.165, 1.54) is 12.0 Å². The van der Waals surface area contributed by atoms with Crippen LogP contribution in [0.25, 0.3) is 0 Å². The van der Waals surface area contributed by atoms with Crippen LogP contribution in [0.2, 0.25) is 0 Å². The van der Waals surface area contributed by atoms with Crippen molar-refractivity contribution in [3.05, 3.63) is 29.8 Å². The van der Waals surface area contributed by atoms with Crippen molar-refractivity contribution >= 4 is 11.6 Å². The first kappa shape index (κ1) is 12.7. The van der Waals surface area contributed by atoms with Gasteiger partial charge in [-0.05, 0) is 50.8 Å². The third kappa shape index (κ3) is 2.39.